The second-order valence-corrected chi connectivity index (χ2v) is 6.89. The lowest BCUT2D eigenvalue weighted by Gasteiger charge is -2.14. The fraction of sp³-hybridized carbons (Fsp3) is 0.100. The quantitative estimate of drug-likeness (QED) is 0.473. The van der Waals surface area contributed by atoms with Gasteiger partial charge in [-0.1, -0.05) is 59.1 Å². The van der Waals surface area contributed by atoms with Crippen molar-refractivity contribution >= 4 is 40.5 Å². The van der Waals surface area contributed by atoms with Gasteiger partial charge in [-0.3, -0.25) is 0 Å². The molecule has 3 rings (SSSR count). The zero-order valence-electron chi connectivity index (χ0n) is 13.6. The van der Waals surface area contributed by atoms with Crippen LogP contribution >= 0.6 is 34.8 Å². The van der Waals surface area contributed by atoms with Gasteiger partial charge in [0.1, 0.15) is 18.2 Å². The summed E-state index contributed by atoms with van der Waals surface area (Å²) < 4.78 is 19.7. The van der Waals surface area contributed by atoms with E-state index in [1.807, 2.05) is 24.3 Å². The van der Waals surface area contributed by atoms with E-state index in [0.717, 1.165) is 11.3 Å². The molecule has 0 fully saturated rings. The van der Waals surface area contributed by atoms with Gasteiger partial charge in [-0.2, -0.15) is 0 Å². The molecule has 0 saturated heterocycles. The maximum atomic E-state index is 13.9. The van der Waals surface area contributed by atoms with E-state index in [-0.39, 0.29) is 12.4 Å². The molecule has 0 amide bonds. The van der Waals surface area contributed by atoms with Gasteiger partial charge < -0.3 is 10.1 Å². The maximum Gasteiger partial charge on any atom is 0.131 e. The third-order valence-corrected chi connectivity index (χ3v) is 4.54. The second-order valence-electron chi connectivity index (χ2n) is 5.61. The summed E-state index contributed by atoms with van der Waals surface area (Å²) in [7, 11) is 0. The fourth-order valence-corrected chi connectivity index (χ4v) is 3.21. The van der Waals surface area contributed by atoms with Crippen molar-refractivity contribution in [1.82, 2.24) is 0 Å². The first-order chi connectivity index (χ1) is 12.5. The van der Waals surface area contributed by atoms with Crippen LogP contribution in [0.5, 0.6) is 5.75 Å². The van der Waals surface area contributed by atoms with Crippen molar-refractivity contribution in [3.63, 3.8) is 0 Å². The lowest BCUT2D eigenvalue weighted by molar-refractivity contribution is 0.297. The molecule has 0 aliphatic heterocycles. The minimum Gasteiger partial charge on any atom is -0.488 e. The molecule has 134 valence electrons. The van der Waals surface area contributed by atoms with Crippen molar-refractivity contribution in [3.8, 4) is 5.75 Å². The monoisotopic (exact) mass is 409 g/mol. The number of anilines is 1. The minimum atomic E-state index is -0.387. The molecule has 0 bridgehead atoms. The van der Waals surface area contributed by atoms with Crippen LogP contribution in [0.15, 0.2) is 60.7 Å². The molecule has 0 radical (unpaired) electrons. The Morgan fingerprint density at radius 2 is 1.62 bits per heavy atom. The van der Waals surface area contributed by atoms with Gasteiger partial charge in [0, 0.05) is 33.4 Å². The fourth-order valence-electron chi connectivity index (χ4n) is 2.46. The molecule has 0 atom stereocenters. The van der Waals surface area contributed by atoms with E-state index >= 15 is 0 Å². The average molecular weight is 411 g/mol. The molecule has 6 heteroatoms. The van der Waals surface area contributed by atoms with Crippen LogP contribution < -0.4 is 10.1 Å². The average Bonchev–Trinajstić information content (AvgIpc) is 2.59. The van der Waals surface area contributed by atoms with Crippen LogP contribution in [0.2, 0.25) is 15.1 Å². The molecule has 3 aromatic rings. The number of para-hydroxylation sites is 1. The van der Waals surface area contributed by atoms with E-state index in [4.69, 9.17) is 39.5 Å². The van der Waals surface area contributed by atoms with Crippen molar-refractivity contribution < 1.29 is 9.13 Å². The van der Waals surface area contributed by atoms with Crippen molar-refractivity contribution in [1.29, 1.82) is 0 Å². The van der Waals surface area contributed by atoms with Crippen LogP contribution in [0.4, 0.5) is 10.1 Å². The van der Waals surface area contributed by atoms with Gasteiger partial charge in [0.05, 0.1) is 5.02 Å². The van der Waals surface area contributed by atoms with Gasteiger partial charge in [-0.05, 0) is 36.4 Å². The highest BCUT2D eigenvalue weighted by Gasteiger charge is 2.10. The number of nitrogens with one attached hydrogen (secondary N) is 1. The van der Waals surface area contributed by atoms with Crippen LogP contribution in [0.3, 0.4) is 0 Å². The first-order valence-corrected chi connectivity index (χ1v) is 9.00. The molecule has 0 aliphatic carbocycles. The SMILES string of the molecule is Fc1cccc(Cl)c1COc1ccccc1CNc1cc(Cl)cc(Cl)c1. The van der Waals surface area contributed by atoms with Gasteiger partial charge in [0.2, 0.25) is 0 Å². The van der Waals surface area contributed by atoms with E-state index in [2.05, 4.69) is 5.32 Å². The van der Waals surface area contributed by atoms with E-state index in [0.29, 0.717) is 32.9 Å². The first kappa shape index (κ1) is 18.8. The molecule has 3 aromatic carbocycles. The third-order valence-electron chi connectivity index (χ3n) is 3.75. The molecule has 2 nitrogen and oxygen atoms in total. The molecule has 0 heterocycles. The zero-order chi connectivity index (χ0) is 18.5. The van der Waals surface area contributed by atoms with Crippen molar-refractivity contribution in [2.45, 2.75) is 13.2 Å². The Morgan fingerprint density at radius 1 is 0.885 bits per heavy atom. The molecule has 0 aromatic heterocycles. The topological polar surface area (TPSA) is 21.3 Å². The van der Waals surface area contributed by atoms with Crippen LogP contribution in [0.25, 0.3) is 0 Å². The number of halogens is 4. The molecule has 0 spiro atoms. The molecule has 26 heavy (non-hydrogen) atoms. The number of hydrogen-bond donors (Lipinski definition) is 1. The predicted octanol–water partition coefficient (Wildman–Crippen LogP) is 6.98. The molecule has 1 N–H and O–H groups in total. The second kappa shape index (κ2) is 8.63. The highest BCUT2D eigenvalue weighted by atomic mass is 35.5. The van der Waals surface area contributed by atoms with Crippen LogP contribution in [-0.2, 0) is 13.2 Å². The van der Waals surface area contributed by atoms with Gasteiger partial charge in [0.15, 0.2) is 0 Å². The summed E-state index contributed by atoms with van der Waals surface area (Å²) in [5, 5.41) is 4.71. The van der Waals surface area contributed by atoms with Crippen LogP contribution in [0, 0.1) is 5.82 Å². The van der Waals surface area contributed by atoms with E-state index in [9.17, 15) is 4.39 Å². The molecular weight excluding hydrogens is 396 g/mol. The van der Waals surface area contributed by atoms with Crippen LogP contribution in [-0.4, -0.2) is 0 Å². The number of benzene rings is 3. The Bertz CT molecular complexity index is 877. The summed E-state index contributed by atoms with van der Waals surface area (Å²) in [5.41, 5.74) is 2.05. The normalized spacial score (nSPS) is 10.6. The Kier molecular flexibility index (Phi) is 6.25. The lowest BCUT2D eigenvalue weighted by Crippen LogP contribution is -2.05. The summed E-state index contributed by atoms with van der Waals surface area (Å²) in [6.45, 7) is 0.545. The van der Waals surface area contributed by atoms with Gasteiger partial charge in [-0.15, -0.1) is 0 Å². The number of ether oxygens (including phenoxy) is 1. The number of rotatable bonds is 6. The van der Waals surface area contributed by atoms with Crippen LogP contribution in [0.1, 0.15) is 11.1 Å². The van der Waals surface area contributed by atoms with Crippen molar-refractivity contribution in [2.24, 2.45) is 0 Å². The summed E-state index contributed by atoms with van der Waals surface area (Å²) in [5.74, 6) is 0.258. The van der Waals surface area contributed by atoms with Crippen molar-refractivity contribution in [2.75, 3.05) is 5.32 Å². The van der Waals surface area contributed by atoms with E-state index in [1.165, 1.54) is 6.07 Å². The minimum absolute atomic E-state index is 0.0471. The lowest BCUT2D eigenvalue weighted by atomic mass is 10.2. The molecule has 0 saturated carbocycles. The third kappa shape index (κ3) is 4.82. The van der Waals surface area contributed by atoms with Crippen molar-refractivity contribution in [3.05, 3.63) is 92.7 Å². The Labute approximate surface area is 166 Å². The summed E-state index contributed by atoms with van der Waals surface area (Å²) >= 11 is 18.1. The standard InChI is InChI=1S/C20H15Cl3FNO/c21-14-8-15(22)10-16(9-14)25-11-13-4-1-2-7-20(13)26-12-17-18(23)5-3-6-19(17)24/h1-10,25H,11-12H2. The first-order valence-electron chi connectivity index (χ1n) is 7.86. The summed E-state index contributed by atoms with van der Waals surface area (Å²) in [6, 6.07) is 17.3. The highest BCUT2D eigenvalue weighted by Crippen LogP contribution is 2.26. The summed E-state index contributed by atoms with van der Waals surface area (Å²) in [6.07, 6.45) is 0. The Balaban J connectivity index is 1.72. The highest BCUT2D eigenvalue weighted by molar-refractivity contribution is 6.35. The van der Waals surface area contributed by atoms with Gasteiger partial charge >= 0.3 is 0 Å². The Morgan fingerprint density at radius 3 is 2.35 bits per heavy atom. The summed E-state index contributed by atoms with van der Waals surface area (Å²) in [4.78, 5) is 0. The molecule has 0 unspecified atom stereocenters. The largest absolute Gasteiger partial charge is 0.488 e. The van der Waals surface area contributed by atoms with E-state index in [1.54, 1.807) is 30.3 Å². The van der Waals surface area contributed by atoms with Gasteiger partial charge in [0.25, 0.3) is 0 Å². The molecular formula is C20H15Cl3FNO. The zero-order valence-corrected chi connectivity index (χ0v) is 15.9. The molecule has 0 aliphatic rings. The van der Waals surface area contributed by atoms with E-state index < -0.39 is 0 Å². The van der Waals surface area contributed by atoms with Gasteiger partial charge in [-0.25, -0.2) is 4.39 Å². The smallest absolute Gasteiger partial charge is 0.131 e. The maximum absolute atomic E-state index is 13.9. The predicted molar refractivity (Wildman–Crippen MR) is 106 cm³/mol. The Hall–Kier alpha value is -1.94. The number of hydrogen-bond acceptors (Lipinski definition) is 2.